The molecule has 0 radical (unpaired) electrons. The van der Waals surface area contributed by atoms with E-state index in [4.69, 9.17) is 0 Å². The van der Waals surface area contributed by atoms with Gasteiger partial charge in [-0.15, -0.1) is 0 Å². The van der Waals surface area contributed by atoms with Gasteiger partial charge in [0.05, 0.1) is 17.9 Å². The molecule has 7 nitrogen and oxygen atoms in total. The van der Waals surface area contributed by atoms with Crippen molar-refractivity contribution >= 4 is 10.0 Å². The molecule has 1 aliphatic rings. The van der Waals surface area contributed by atoms with Gasteiger partial charge in [-0.25, -0.2) is 18.4 Å². The van der Waals surface area contributed by atoms with Crippen LogP contribution in [-0.4, -0.2) is 39.4 Å². The van der Waals surface area contributed by atoms with Crippen LogP contribution in [0.5, 0.6) is 0 Å². The van der Waals surface area contributed by atoms with Gasteiger partial charge in [0.15, 0.2) is 0 Å². The van der Waals surface area contributed by atoms with Gasteiger partial charge in [0.25, 0.3) is 0 Å². The number of aromatic nitrogens is 4. The highest BCUT2D eigenvalue weighted by Gasteiger charge is 2.37. The maximum atomic E-state index is 12.5. The van der Waals surface area contributed by atoms with Gasteiger partial charge in [-0.3, -0.25) is 5.10 Å². The van der Waals surface area contributed by atoms with E-state index in [9.17, 15) is 8.42 Å². The van der Waals surface area contributed by atoms with Gasteiger partial charge in [0.2, 0.25) is 10.0 Å². The Bertz CT molecular complexity index is 641. The fraction of sp³-hybridized carbons (Fsp3) is 0.364. The van der Waals surface area contributed by atoms with Gasteiger partial charge in [-0.1, -0.05) is 0 Å². The fourth-order valence-corrected chi connectivity index (χ4v) is 3.91. The Morgan fingerprint density at radius 1 is 1.42 bits per heavy atom. The first-order valence-electron chi connectivity index (χ1n) is 5.96. The van der Waals surface area contributed by atoms with E-state index >= 15 is 0 Å². The van der Waals surface area contributed by atoms with Crippen molar-refractivity contribution in [1.82, 2.24) is 24.5 Å². The molecule has 0 aromatic carbocycles. The van der Waals surface area contributed by atoms with E-state index in [1.54, 1.807) is 12.3 Å². The van der Waals surface area contributed by atoms with Gasteiger partial charge >= 0.3 is 0 Å². The largest absolute Gasteiger partial charge is 0.284 e. The second-order valence-electron chi connectivity index (χ2n) is 4.34. The Balaban J connectivity index is 1.97. The Hall–Kier alpha value is -1.80. The highest BCUT2D eigenvalue weighted by atomic mass is 32.2. The third kappa shape index (κ3) is 2.13. The first-order chi connectivity index (χ1) is 9.19. The third-order valence-corrected chi connectivity index (χ3v) is 5.10. The van der Waals surface area contributed by atoms with E-state index in [1.807, 2.05) is 0 Å². The molecule has 0 spiro atoms. The first-order valence-corrected chi connectivity index (χ1v) is 7.40. The third-order valence-electron chi connectivity index (χ3n) is 3.23. The Morgan fingerprint density at radius 2 is 2.32 bits per heavy atom. The minimum Gasteiger partial charge on any atom is -0.284 e. The molecule has 1 fully saturated rings. The minimum absolute atomic E-state index is 0.188. The minimum atomic E-state index is -3.51. The van der Waals surface area contributed by atoms with E-state index in [2.05, 4.69) is 20.2 Å². The summed E-state index contributed by atoms with van der Waals surface area (Å²) < 4.78 is 26.5. The van der Waals surface area contributed by atoms with Crippen molar-refractivity contribution in [2.24, 2.45) is 0 Å². The number of sulfonamides is 1. The number of nitrogens with one attached hydrogen (secondary N) is 1. The summed E-state index contributed by atoms with van der Waals surface area (Å²) in [5.41, 5.74) is 0.736. The monoisotopic (exact) mass is 279 g/mol. The zero-order chi connectivity index (χ0) is 13.3. The smallest absolute Gasteiger partial charge is 0.246 e. The van der Waals surface area contributed by atoms with Crippen molar-refractivity contribution in [3.63, 3.8) is 0 Å². The van der Waals surface area contributed by atoms with Crippen LogP contribution in [0.2, 0.25) is 0 Å². The molecule has 0 unspecified atom stereocenters. The molecule has 1 atom stereocenters. The van der Waals surface area contributed by atoms with Crippen LogP contribution in [0, 0.1) is 0 Å². The van der Waals surface area contributed by atoms with Gasteiger partial charge in [0.1, 0.15) is 11.2 Å². The molecule has 1 aliphatic heterocycles. The van der Waals surface area contributed by atoms with E-state index < -0.39 is 10.0 Å². The number of H-pyrrole nitrogens is 1. The molecule has 100 valence electrons. The maximum absolute atomic E-state index is 12.5. The van der Waals surface area contributed by atoms with Crippen LogP contribution in [0.1, 0.15) is 24.6 Å². The van der Waals surface area contributed by atoms with Crippen LogP contribution < -0.4 is 0 Å². The topological polar surface area (TPSA) is 91.8 Å². The van der Waals surface area contributed by atoms with Crippen molar-refractivity contribution in [2.75, 3.05) is 6.54 Å². The van der Waals surface area contributed by atoms with Crippen LogP contribution in [0.25, 0.3) is 0 Å². The Morgan fingerprint density at radius 3 is 3.00 bits per heavy atom. The van der Waals surface area contributed by atoms with Crippen LogP contribution >= 0.6 is 0 Å². The molecule has 3 rings (SSSR count). The lowest BCUT2D eigenvalue weighted by molar-refractivity contribution is 0.390. The molecule has 19 heavy (non-hydrogen) atoms. The van der Waals surface area contributed by atoms with Gasteiger partial charge in [-0.05, 0) is 18.9 Å². The quantitative estimate of drug-likeness (QED) is 0.894. The lowest BCUT2D eigenvalue weighted by atomic mass is 10.1. The molecule has 0 aliphatic carbocycles. The van der Waals surface area contributed by atoms with Crippen LogP contribution in [0.15, 0.2) is 35.9 Å². The number of nitrogens with zero attached hydrogens (tertiary/aromatic N) is 4. The normalized spacial score (nSPS) is 20.7. The highest BCUT2D eigenvalue weighted by Crippen LogP contribution is 2.35. The summed E-state index contributed by atoms with van der Waals surface area (Å²) in [5, 5.41) is 6.23. The van der Waals surface area contributed by atoms with Gasteiger partial charge in [-0.2, -0.15) is 9.40 Å². The predicted molar refractivity (Wildman–Crippen MR) is 66.5 cm³/mol. The summed E-state index contributed by atoms with van der Waals surface area (Å²) in [6, 6.07) is 1.54. The summed E-state index contributed by atoms with van der Waals surface area (Å²) in [7, 11) is -3.51. The van der Waals surface area contributed by atoms with E-state index in [1.165, 1.54) is 23.0 Å². The van der Waals surface area contributed by atoms with E-state index in [0.29, 0.717) is 6.54 Å². The van der Waals surface area contributed by atoms with Crippen LogP contribution in [0.3, 0.4) is 0 Å². The van der Waals surface area contributed by atoms with Gasteiger partial charge in [0, 0.05) is 18.9 Å². The molecule has 2 aromatic heterocycles. The molecule has 0 amide bonds. The lowest BCUT2D eigenvalue weighted by Gasteiger charge is -2.22. The molecule has 3 heterocycles. The van der Waals surface area contributed by atoms with Crippen molar-refractivity contribution in [2.45, 2.75) is 23.8 Å². The zero-order valence-electron chi connectivity index (χ0n) is 10.1. The summed E-state index contributed by atoms with van der Waals surface area (Å²) in [6.07, 6.45) is 7.38. The highest BCUT2D eigenvalue weighted by molar-refractivity contribution is 7.89. The second kappa shape index (κ2) is 4.71. The second-order valence-corrected chi connectivity index (χ2v) is 6.23. The average Bonchev–Trinajstić information content (AvgIpc) is 3.11. The molecular weight excluding hydrogens is 266 g/mol. The standard InChI is InChI=1S/C11H13N5O2S/c17-19(18,9-6-14-15-7-9)16-5-1-2-11(16)10-3-4-12-8-13-10/h3-4,6-8,11H,1-2,5H2,(H,14,15)/t11-/m0/s1. The Kier molecular flexibility index (Phi) is 3.03. The van der Waals surface area contributed by atoms with Crippen molar-refractivity contribution in [3.8, 4) is 0 Å². The van der Waals surface area contributed by atoms with E-state index in [-0.39, 0.29) is 10.9 Å². The van der Waals surface area contributed by atoms with Crippen LogP contribution in [0.4, 0.5) is 0 Å². The molecule has 1 N–H and O–H groups in total. The summed E-state index contributed by atoms with van der Waals surface area (Å²) in [6.45, 7) is 0.502. The molecule has 0 saturated carbocycles. The first kappa shape index (κ1) is 12.2. The van der Waals surface area contributed by atoms with Crippen molar-refractivity contribution < 1.29 is 8.42 Å². The summed E-state index contributed by atoms with van der Waals surface area (Å²) in [5.74, 6) is 0. The van der Waals surface area contributed by atoms with Crippen molar-refractivity contribution in [1.29, 1.82) is 0 Å². The SMILES string of the molecule is O=S(=O)(c1cn[nH]c1)N1CCC[C@H]1c1ccncn1. The molecule has 8 heteroatoms. The fourth-order valence-electron chi connectivity index (χ4n) is 2.34. The molecule has 2 aromatic rings. The number of aromatic amines is 1. The number of hydrogen-bond donors (Lipinski definition) is 1. The molecular formula is C11H13N5O2S. The maximum Gasteiger partial charge on any atom is 0.246 e. The zero-order valence-corrected chi connectivity index (χ0v) is 10.9. The predicted octanol–water partition coefficient (Wildman–Crippen LogP) is 0.726. The van der Waals surface area contributed by atoms with E-state index in [0.717, 1.165) is 18.5 Å². The Labute approximate surface area is 110 Å². The van der Waals surface area contributed by atoms with Crippen LogP contribution in [-0.2, 0) is 10.0 Å². The van der Waals surface area contributed by atoms with Crippen molar-refractivity contribution in [3.05, 3.63) is 36.7 Å². The average molecular weight is 279 g/mol. The number of hydrogen-bond acceptors (Lipinski definition) is 5. The molecule has 1 saturated heterocycles. The summed E-state index contributed by atoms with van der Waals surface area (Å²) in [4.78, 5) is 8.21. The van der Waals surface area contributed by atoms with Gasteiger partial charge < -0.3 is 0 Å². The lowest BCUT2D eigenvalue weighted by Crippen LogP contribution is -2.30. The molecule has 0 bridgehead atoms. The summed E-state index contributed by atoms with van der Waals surface area (Å²) >= 11 is 0. The number of rotatable bonds is 3.